The highest BCUT2D eigenvalue weighted by Gasteiger charge is 2.08. The van der Waals surface area contributed by atoms with E-state index in [9.17, 15) is 9.59 Å². The quantitative estimate of drug-likeness (QED) is 0.595. The van der Waals surface area contributed by atoms with Crippen LogP contribution in [0.4, 0.5) is 0 Å². The molecule has 0 atom stereocenters. The van der Waals surface area contributed by atoms with Crippen LogP contribution in [0.25, 0.3) is 0 Å². The fourth-order valence-corrected chi connectivity index (χ4v) is 2.58. The summed E-state index contributed by atoms with van der Waals surface area (Å²) in [6.07, 6.45) is 0. The maximum absolute atomic E-state index is 11.5. The van der Waals surface area contributed by atoms with Crippen molar-refractivity contribution in [3.05, 3.63) is 63.6 Å². The molecule has 0 saturated heterocycles. The largest absolute Gasteiger partial charge is 0.489 e. The number of hydrogen-bond donors (Lipinski definition) is 0. The van der Waals surface area contributed by atoms with Gasteiger partial charge >= 0.3 is 5.97 Å². The van der Waals surface area contributed by atoms with E-state index in [0.29, 0.717) is 28.0 Å². The lowest BCUT2D eigenvalue weighted by molar-refractivity contribution is 0.0600. The Hall–Kier alpha value is -2.14. The average molecular weight is 363 g/mol. The SMILES string of the molecule is COC(=O)c1cccc(COc2ccc(C(C)=O)c(Br)c2)c1. The predicted octanol–water partition coefficient (Wildman–Crippen LogP) is 4.02. The third kappa shape index (κ3) is 3.95. The molecule has 5 heteroatoms. The number of Topliss-reactive ketones (excluding diaryl/α,β-unsaturated/α-hetero) is 1. The third-order valence-corrected chi connectivity index (χ3v) is 3.73. The van der Waals surface area contributed by atoms with E-state index in [0.717, 1.165) is 5.56 Å². The summed E-state index contributed by atoms with van der Waals surface area (Å²) in [6.45, 7) is 1.83. The highest BCUT2D eigenvalue weighted by atomic mass is 79.9. The minimum absolute atomic E-state index is 0.01000. The molecule has 0 spiro atoms. The van der Waals surface area contributed by atoms with E-state index >= 15 is 0 Å². The van der Waals surface area contributed by atoms with E-state index in [1.165, 1.54) is 14.0 Å². The number of ketones is 1. The molecular weight excluding hydrogens is 348 g/mol. The zero-order valence-corrected chi connectivity index (χ0v) is 13.8. The predicted molar refractivity (Wildman–Crippen MR) is 86.3 cm³/mol. The van der Waals surface area contributed by atoms with Crippen molar-refractivity contribution in [1.82, 2.24) is 0 Å². The van der Waals surface area contributed by atoms with Crippen molar-refractivity contribution >= 4 is 27.7 Å². The molecule has 0 heterocycles. The van der Waals surface area contributed by atoms with Gasteiger partial charge in [0.2, 0.25) is 0 Å². The fraction of sp³-hybridized carbons (Fsp3) is 0.176. The van der Waals surface area contributed by atoms with Crippen LogP contribution in [0.15, 0.2) is 46.9 Å². The Labute approximate surface area is 137 Å². The maximum Gasteiger partial charge on any atom is 0.337 e. The molecule has 0 aliphatic heterocycles. The van der Waals surface area contributed by atoms with Gasteiger partial charge in [0.1, 0.15) is 12.4 Å². The number of benzene rings is 2. The first-order valence-corrected chi connectivity index (χ1v) is 7.41. The van der Waals surface area contributed by atoms with E-state index in [1.54, 1.807) is 36.4 Å². The summed E-state index contributed by atoms with van der Waals surface area (Å²) in [5.41, 5.74) is 1.95. The molecule has 0 unspecified atom stereocenters. The van der Waals surface area contributed by atoms with Crippen molar-refractivity contribution in [3.63, 3.8) is 0 Å². The molecule has 0 fully saturated rings. The van der Waals surface area contributed by atoms with Gasteiger partial charge in [0.25, 0.3) is 0 Å². The summed E-state index contributed by atoms with van der Waals surface area (Å²) in [6, 6.07) is 12.3. The molecule has 114 valence electrons. The molecule has 2 aromatic rings. The summed E-state index contributed by atoms with van der Waals surface area (Å²) in [7, 11) is 1.35. The first-order valence-electron chi connectivity index (χ1n) is 6.62. The molecule has 2 aromatic carbocycles. The number of ether oxygens (including phenoxy) is 2. The second-order valence-electron chi connectivity index (χ2n) is 4.68. The molecule has 0 radical (unpaired) electrons. The van der Waals surface area contributed by atoms with Gasteiger partial charge in [-0.2, -0.15) is 0 Å². The lowest BCUT2D eigenvalue weighted by atomic mass is 10.1. The highest BCUT2D eigenvalue weighted by molar-refractivity contribution is 9.10. The zero-order valence-electron chi connectivity index (χ0n) is 12.3. The summed E-state index contributed by atoms with van der Waals surface area (Å²) >= 11 is 3.35. The minimum atomic E-state index is -0.379. The first-order chi connectivity index (χ1) is 10.5. The Morgan fingerprint density at radius 3 is 2.55 bits per heavy atom. The molecule has 0 N–H and O–H groups in total. The van der Waals surface area contributed by atoms with Gasteiger partial charge in [-0.1, -0.05) is 12.1 Å². The topological polar surface area (TPSA) is 52.6 Å². The smallest absolute Gasteiger partial charge is 0.337 e. The van der Waals surface area contributed by atoms with Gasteiger partial charge in [-0.3, -0.25) is 4.79 Å². The van der Waals surface area contributed by atoms with E-state index in [2.05, 4.69) is 20.7 Å². The van der Waals surface area contributed by atoms with E-state index < -0.39 is 0 Å². The summed E-state index contributed by atoms with van der Waals surface area (Å²) in [4.78, 5) is 22.9. The Balaban J connectivity index is 2.09. The van der Waals surface area contributed by atoms with Crippen LogP contribution in [0.2, 0.25) is 0 Å². The first kappa shape index (κ1) is 16.2. The number of carbonyl (C=O) groups excluding carboxylic acids is 2. The summed E-state index contributed by atoms with van der Waals surface area (Å²) in [5.74, 6) is 0.250. The van der Waals surface area contributed by atoms with Crippen molar-refractivity contribution < 1.29 is 19.1 Å². The van der Waals surface area contributed by atoms with Crippen LogP contribution in [0, 0.1) is 0 Å². The number of halogens is 1. The zero-order chi connectivity index (χ0) is 16.1. The molecule has 0 amide bonds. The molecule has 2 rings (SSSR count). The lowest BCUT2D eigenvalue weighted by Crippen LogP contribution is -2.03. The van der Waals surface area contributed by atoms with Crippen molar-refractivity contribution in [3.8, 4) is 5.75 Å². The Morgan fingerprint density at radius 1 is 1.14 bits per heavy atom. The second kappa shape index (κ2) is 7.22. The van der Waals surface area contributed by atoms with Crippen LogP contribution < -0.4 is 4.74 Å². The van der Waals surface area contributed by atoms with Crippen LogP contribution in [-0.2, 0) is 11.3 Å². The molecule has 0 aromatic heterocycles. The fourth-order valence-electron chi connectivity index (χ4n) is 1.94. The Kier molecular flexibility index (Phi) is 5.33. The number of carbonyl (C=O) groups is 2. The van der Waals surface area contributed by atoms with Crippen molar-refractivity contribution in [1.29, 1.82) is 0 Å². The van der Waals surface area contributed by atoms with Crippen LogP contribution in [0.5, 0.6) is 5.75 Å². The highest BCUT2D eigenvalue weighted by Crippen LogP contribution is 2.24. The van der Waals surface area contributed by atoms with Crippen molar-refractivity contribution in [2.75, 3.05) is 7.11 Å². The van der Waals surface area contributed by atoms with Gasteiger partial charge in [-0.15, -0.1) is 0 Å². The normalized spacial score (nSPS) is 10.1. The van der Waals surface area contributed by atoms with Crippen LogP contribution in [0.1, 0.15) is 33.2 Å². The summed E-state index contributed by atoms with van der Waals surface area (Å²) in [5, 5.41) is 0. The van der Waals surface area contributed by atoms with Crippen LogP contribution in [0.3, 0.4) is 0 Å². The number of hydrogen-bond acceptors (Lipinski definition) is 4. The Morgan fingerprint density at radius 2 is 1.91 bits per heavy atom. The van der Waals surface area contributed by atoms with Gasteiger partial charge in [0.05, 0.1) is 12.7 Å². The molecule has 22 heavy (non-hydrogen) atoms. The summed E-state index contributed by atoms with van der Waals surface area (Å²) < 4.78 is 11.1. The standard InChI is InChI=1S/C17H15BrO4/c1-11(19)15-7-6-14(9-16(15)18)22-10-12-4-3-5-13(8-12)17(20)21-2/h3-9H,10H2,1-2H3. The van der Waals surface area contributed by atoms with Crippen LogP contribution >= 0.6 is 15.9 Å². The lowest BCUT2D eigenvalue weighted by Gasteiger charge is -2.09. The monoisotopic (exact) mass is 362 g/mol. The maximum atomic E-state index is 11.5. The Bertz CT molecular complexity index is 710. The number of esters is 1. The second-order valence-corrected chi connectivity index (χ2v) is 5.53. The molecule has 0 aliphatic carbocycles. The van der Waals surface area contributed by atoms with E-state index in [-0.39, 0.29) is 11.8 Å². The van der Waals surface area contributed by atoms with Crippen molar-refractivity contribution in [2.45, 2.75) is 13.5 Å². The molecule has 0 aliphatic rings. The van der Waals surface area contributed by atoms with Gasteiger partial charge in [0.15, 0.2) is 5.78 Å². The van der Waals surface area contributed by atoms with Crippen LogP contribution in [-0.4, -0.2) is 18.9 Å². The molecule has 4 nitrogen and oxygen atoms in total. The van der Waals surface area contributed by atoms with Crippen molar-refractivity contribution in [2.24, 2.45) is 0 Å². The molecule has 0 bridgehead atoms. The number of rotatable bonds is 5. The van der Waals surface area contributed by atoms with Gasteiger partial charge in [-0.25, -0.2) is 4.79 Å². The van der Waals surface area contributed by atoms with Gasteiger partial charge in [0, 0.05) is 10.0 Å². The van der Waals surface area contributed by atoms with Gasteiger partial charge < -0.3 is 9.47 Å². The molecular formula is C17H15BrO4. The number of methoxy groups -OCH3 is 1. The van der Waals surface area contributed by atoms with Gasteiger partial charge in [-0.05, 0) is 58.7 Å². The third-order valence-electron chi connectivity index (χ3n) is 3.07. The molecule has 0 saturated carbocycles. The minimum Gasteiger partial charge on any atom is -0.489 e. The average Bonchev–Trinajstić information content (AvgIpc) is 2.52. The van der Waals surface area contributed by atoms with E-state index in [4.69, 9.17) is 4.74 Å². The van der Waals surface area contributed by atoms with E-state index in [1.807, 2.05) is 6.07 Å².